The summed E-state index contributed by atoms with van der Waals surface area (Å²) < 4.78 is 24.4. The van der Waals surface area contributed by atoms with Gasteiger partial charge in [-0.15, -0.1) is 0 Å². The average molecular weight is 579 g/mol. The Labute approximate surface area is 242 Å². The van der Waals surface area contributed by atoms with E-state index in [1.807, 2.05) is 38.1 Å². The number of methoxy groups -OCH3 is 2. The highest BCUT2D eigenvalue weighted by Gasteiger charge is 2.45. The number of halogens is 2. The molecule has 0 bridgehead atoms. The van der Waals surface area contributed by atoms with Crippen LogP contribution < -0.4 is 14.8 Å². The third kappa shape index (κ3) is 5.39. The van der Waals surface area contributed by atoms with Crippen molar-refractivity contribution in [3.8, 4) is 22.9 Å². The third-order valence-corrected chi connectivity index (χ3v) is 7.82. The lowest BCUT2D eigenvalue weighted by Crippen LogP contribution is -2.52. The molecule has 1 aliphatic rings. The summed E-state index contributed by atoms with van der Waals surface area (Å²) in [5, 5.41) is 3.38. The second kappa shape index (κ2) is 11.5. The first kappa shape index (κ1) is 28.6. The monoisotopic (exact) mass is 578 g/mol. The summed E-state index contributed by atoms with van der Waals surface area (Å²) >= 11 is 5.98. The normalized spacial score (nSPS) is 14.4. The van der Waals surface area contributed by atoms with Crippen molar-refractivity contribution in [2.24, 2.45) is 0 Å². The van der Waals surface area contributed by atoms with E-state index in [9.17, 15) is 14.0 Å². The highest BCUT2D eigenvalue weighted by molar-refractivity contribution is 6.31. The number of amides is 2. The molecule has 1 aliphatic heterocycles. The van der Waals surface area contributed by atoms with Gasteiger partial charge in [-0.3, -0.25) is 14.5 Å². The Morgan fingerprint density at radius 3 is 2.54 bits per heavy atom. The molecule has 2 heterocycles. The number of ether oxygens (including phenoxy) is 2. The molecular weight excluding hydrogens is 547 g/mol. The Balaban J connectivity index is 1.28. The SMILES string of the molecule is COc1ccc(CCNCCCN2C(=O)c3c(ccc4[nH]c(-c5ccc(F)c(Cl)c5)nc34)C(C)(C)C2=O)cc1OC. The van der Waals surface area contributed by atoms with Crippen molar-refractivity contribution in [3.63, 3.8) is 0 Å². The van der Waals surface area contributed by atoms with Crippen molar-refractivity contribution >= 4 is 34.4 Å². The summed E-state index contributed by atoms with van der Waals surface area (Å²) in [6.07, 6.45) is 1.39. The van der Waals surface area contributed by atoms with E-state index in [1.165, 1.54) is 17.0 Å². The number of rotatable bonds is 10. The molecule has 0 atom stereocenters. The Hall–Kier alpha value is -3.95. The second-order valence-corrected chi connectivity index (χ2v) is 10.9. The van der Waals surface area contributed by atoms with Crippen LogP contribution in [0.2, 0.25) is 5.02 Å². The Morgan fingerprint density at radius 1 is 1.02 bits per heavy atom. The standard InChI is InChI=1S/C31H32ClFN4O4/c1-31(2)20-8-10-23-27(36-28(35-23)19-7-9-22(33)21(32)17-19)26(20)29(38)37(30(31)39)15-5-13-34-14-12-18-6-11-24(40-3)25(16-18)41-4/h6-11,16-17,34H,5,12-15H2,1-4H3,(H,35,36). The summed E-state index contributed by atoms with van der Waals surface area (Å²) in [6, 6.07) is 13.8. The lowest BCUT2D eigenvalue weighted by molar-refractivity contribution is -0.134. The molecule has 8 nitrogen and oxygen atoms in total. The largest absolute Gasteiger partial charge is 0.493 e. The fourth-order valence-corrected chi connectivity index (χ4v) is 5.41. The van der Waals surface area contributed by atoms with E-state index < -0.39 is 11.2 Å². The van der Waals surface area contributed by atoms with Gasteiger partial charge < -0.3 is 19.8 Å². The Kier molecular flexibility index (Phi) is 8.02. The van der Waals surface area contributed by atoms with Gasteiger partial charge in [0.05, 0.1) is 35.7 Å². The maximum atomic E-state index is 13.7. The van der Waals surface area contributed by atoms with Gasteiger partial charge in [-0.1, -0.05) is 23.7 Å². The highest BCUT2D eigenvalue weighted by atomic mass is 35.5. The molecule has 0 saturated heterocycles. The smallest absolute Gasteiger partial charge is 0.263 e. The van der Waals surface area contributed by atoms with Crippen molar-refractivity contribution in [3.05, 3.63) is 76.1 Å². The molecule has 5 rings (SSSR count). The van der Waals surface area contributed by atoms with E-state index in [0.29, 0.717) is 58.0 Å². The average Bonchev–Trinajstić information content (AvgIpc) is 3.41. The molecule has 0 spiro atoms. The van der Waals surface area contributed by atoms with Gasteiger partial charge in [0.15, 0.2) is 11.5 Å². The predicted octanol–water partition coefficient (Wildman–Crippen LogP) is 5.52. The van der Waals surface area contributed by atoms with Crippen LogP contribution in [-0.4, -0.2) is 60.5 Å². The predicted molar refractivity (Wildman–Crippen MR) is 156 cm³/mol. The summed E-state index contributed by atoms with van der Waals surface area (Å²) in [6.45, 7) is 5.31. The maximum Gasteiger partial charge on any atom is 0.263 e. The molecule has 0 aliphatic carbocycles. The minimum Gasteiger partial charge on any atom is -0.493 e. The quantitative estimate of drug-likeness (QED) is 0.190. The van der Waals surface area contributed by atoms with Gasteiger partial charge in [0.1, 0.15) is 17.2 Å². The Morgan fingerprint density at radius 2 is 1.80 bits per heavy atom. The first-order valence-electron chi connectivity index (χ1n) is 13.4. The molecule has 1 aromatic heterocycles. The van der Waals surface area contributed by atoms with Crippen molar-refractivity contribution < 1.29 is 23.5 Å². The number of imidazole rings is 1. The number of aromatic nitrogens is 2. The first-order valence-corrected chi connectivity index (χ1v) is 13.8. The van der Waals surface area contributed by atoms with Gasteiger partial charge in [0, 0.05) is 12.1 Å². The number of nitrogens with zero attached hydrogens (tertiary/aromatic N) is 2. The third-order valence-electron chi connectivity index (χ3n) is 7.53. The van der Waals surface area contributed by atoms with Crippen molar-refractivity contribution in [1.29, 1.82) is 0 Å². The Bertz CT molecular complexity index is 1630. The van der Waals surface area contributed by atoms with Crippen molar-refractivity contribution in [2.45, 2.75) is 32.1 Å². The molecule has 2 N–H and O–H groups in total. The number of carbonyl (C=O) groups is 2. The van der Waals surface area contributed by atoms with Crippen LogP contribution in [-0.2, 0) is 16.6 Å². The summed E-state index contributed by atoms with van der Waals surface area (Å²) in [7, 11) is 3.22. The summed E-state index contributed by atoms with van der Waals surface area (Å²) in [5.41, 5.74) is 2.97. The molecule has 214 valence electrons. The van der Waals surface area contributed by atoms with Crippen molar-refractivity contribution in [1.82, 2.24) is 20.2 Å². The van der Waals surface area contributed by atoms with E-state index in [0.717, 1.165) is 18.5 Å². The summed E-state index contributed by atoms with van der Waals surface area (Å²) in [4.78, 5) is 36.4. The molecule has 2 amide bonds. The fraction of sp³-hybridized carbons (Fsp3) is 0.323. The molecule has 0 saturated carbocycles. The van der Waals surface area contributed by atoms with Gasteiger partial charge in [0.2, 0.25) is 5.91 Å². The van der Waals surface area contributed by atoms with E-state index in [2.05, 4.69) is 10.3 Å². The molecule has 0 fully saturated rings. The number of carbonyl (C=O) groups excluding carboxylic acids is 2. The number of nitrogens with one attached hydrogen (secondary N) is 2. The van der Waals surface area contributed by atoms with Crippen molar-refractivity contribution in [2.75, 3.05) is 33.9 Å². The van der Waals surface area contributed by atoms with Crippen LogP contribution in [0.4, 0.5) is 4.39 Å². The molecule has 0 unspecified atom stereocenters. The van der Waals surface area contributed by atoms with Crippen LogP contribution >= 0.6 is 11.6 Å². The maximum absolute atomic E-state index is 13.7. The minimum atomic E-state index is -0.906. The molecule has 10 heteroatoms. The molecule has 3 aromatic carbocycles. The van der Waals surface area contributed by atoms with E-state index in [-0.39, 0.29) is 23.4 Å². The number of H-pyrrole nitrogens is 1. The van der Waals surface area contributed by atoms with Gasteiger partial charge >= 0.3 is 0 Å². The number of hydrogen-bond donors (Lipinski definition) is 2. The van der Waals surface area contributed by atoms with Gasteiger partial charge in [-0.25, -0.2) is 9.37 Å². The highest BCUT2D eigenvalue weighted by Crippen LogP contribution is 2.38. The van der Waals surface area contributed by atoms with Gasteiger partial charge in [-0.05, 0) is 87.3 Å². The van der Waals surface area contributed by atoms with Crippen LogP contribution in [0, 0.1) is 5.82 Å². The summed E-state index contributed by atoms with van der Waals surface area (Å²) in [5.74, 6) is 0.715. The number of benzene rings is 3. The topological polar surface area (TPSA) is 96.5 Å². The van der Waals surface area contributed by atoms with Crippen LogP contribution in [0.25, 0.3) is 22.4 Å². The lowest BCUT2D eigenvalue weighted by atomic mass is 9.76. The first-order chi connectivity index (χ1) is 19.6. The van der Waals surface area contributed by atoms with Gasteiger partial charge in [0.25, 0.3) is 5.91 Å². The zero-order chi connectivity index (χ0) is 29.3. The zero-order valence-electron chi connectivity index (χ0n) is 23.4. The van der Waals surface area contributed by atoms with Gasteiger partial charge in [-0.2, -0.15) is 0 Å². The van der Waals surface area contributed by atoms with Crippen LogP contribution in [0.1, 0.15) is 41.8 Å². The van der Waals surface area contributed by atoms with Crippen LogP contribution in [0.15, 0.2) is 48.5 Å². The number of aromatic amines is 1. The van der Waals surface area contributed by atoms with E-state index in [1.54, 1.807) is 26.4 Å². The zero-order valence-corrected chi connectivity index (χ0v) is 24.2. The molecule has 4 aromatic rings. The number of fused-ring (bicyclic) bond motifs is 3. The lowest BCUT2D eigenvalue weighted by Gasteiger charge is -2.37. The molecule has 0 radical (unpaired) electrons. The number of imide groups is 1. The minimum absolute atomic E-state index is 0.0173. The molecular formula is C31H32ClFN4O4. The second-order valence-electron chi connectivity index (χ2n) is 10.5. The van der Waals surface area contributed by atoms with E-state index >= 15 is 0 Å². The van der Waals surface area contributed by atoms with Crippen LogP contribution in [0.5, 0.6) is 11.5 Å². The number of hydrogen-bond acceptors (Lipinski definition) is 6. The van der Waals surface area contributed by atoms with E-state index in [4.69, 9.17) is 26.1 Å². The van der Waals surface area contributed by atoms with Crippen LogP contribution in [0.3, 0.4) is 0 Å². The molecule has 41 heavy (non-hydrogen) atoms. The fourth-order valence-electron chi connectivity index (χ4n) is 5.23.